The van der Waals surface area contributed by atoms with Crippen molar-refractivity contribution < 1.29 is 14.6 Å². The quantitative estimate of drug-likeness (QED) is 0.680. The summed E-state index contributed by atoms with van der Waals surface area (Å²) in [7, 11) is 1.71. The van der Waals surface area contributed by atoms with Crippen LogP contribution in [-0.2, 0) is 9.47 Å². The Labute approximate surface area is 98.3 Å². The van der Waals surface area contributed by atoms with E-state index in [9.17, 15) is 5.11 Å². The van der Waals surface area contributed by atoms with Crippen molar-refractivity contribution in [3.63, 3.8) is 0 Å². The zero-order valence-electron chi connectivity index (χ0n) is 10.4. The number of ether oxygens (including phenoxy) is 2. The fourth-order valence-electron chi connectivity index (χ4n) is 2.08. The van der Waals surface area contributed by atoms with E-state index in [1.165, 1.54) is 0 Å². The molecule has 2 atom stereocenters. The third-order valence-corrected chi connectivity index (χ3v) is 3.29. The van der Waals surface area contributed by atoms with Gasteiger partial charge in [-0.2, -0.15) is 0 Å². The Bertz CT molecular complexity index is 172. The average molecular weight is 231 g/mol. The Hall–Kier alpha value is -0.160. The topological polar surface area (TPSA) is 50.7 Å². The summed E-state index contributed by atoms with van der Waals surface area (Å²) in [6.45, 7) is 5.06. The lowest BCUT2D eigenvalue weighted by Gasteiger charge is -2.28. The summed E-state index contributed by atoms with van der Waals surface area (Å²) in [6.07, 6.45) is 2.72. The second kappa shape index (κ2) is 8.01. The van der Waals surface area contributed by atoms with Crippen LogP contribution < -0.4 is 5.32 Å². The van der Waals surface area contributed by atoms with E-state index >= 15 is 0 Å². The van der Waals surface area contributed by atoms with Crippen LogP contribution in [-0.4, -0.2) is 50.7 Å². The summed E-state index contributed by atoms with van der Waals surface area (Å²) in [5, 5.41) is 13.4. The van der Waals surface area contributed by atoms with Crippen molar-refractivity contribution in [2.24, 2.45) is 5.92 Å². The van der Waals surface area contributed by atoms with Gasteiger partial charge in [-0.15, -0.1) is 0 Å². The first-order valence-electron chi connectivity index (χ1n) is 6.26. The van der Waals surface area contributed by atoms with Crippen LogP contribution >= 0.6 is 0 Å². The first-order valence-corrected chi connectivity index (χ1v) is 6.26. The van der Waals surface area contributed by atoms with Gasteiger partial charge in [0, 0.05) is 32.9 Å². The number of nitrogens with one attached hydrogen (secondary N) is 1. The highest BCUT2D eigenvalue weighted by molar-refractivity contribution is 4.75. The Morgan fingerprint density at radius 1 is 1.44 bits per heavy atom. The minimum absolute atomic E-state index is 0.255. The van der Waals surface area contributed by atoms with Gasteiger partial charge in [-0.1, -0.05) is 6.92 Å². The minimum Gasteiger partial charge on any atom is -0.392 e. The highest BCUT2D eigenvalue weighted by Crippen LogP contribution is 2.18. The van der Waals surface area contributed by atoms with Gasteiger partial charge in [0.2, 0.25) is 0 Å². The summed E-state index contributed by atoms with van der Waals surface area (Å²) >= 11 is 0. The van der Waals surface area contributed by atoms with Crippen molar-refractivity contribution >= 4 is 0 Å². The minimum atomic E-state index is -0.255. The maximum Gasteiger partial charge on any atom is 0.0694 e. The van der Waals surface area contributed by atoms with Crippen LogP contribution in [0.3, 0.4) is 0 Å². The molecule has 4 heteroatoms. The van der Waals surface area contributed by atoms with Gasteiger partial charge in [0.05, 0.1) is 12.7 Å². The van der Waals surface area contributed by atoms with Gasteiger partial charge in [0.25, 0.3) is 0 Å². The highest BCUT2D eigenvalue weighted by atomic mass is 16.5. The molecule has 4 nitrogen and oxygen atoms in total. The molecule has 0 saturated carbocycles. The van der Waals surface area contributed by atoms with Crippen LogP contribution in [0.1, 0.15) is 26.2 Å². The lowest BCUT2D eigenvalue weighted by Crippen LogP contribution is -2.41. The van der Waals surface area contributed by atoms with Crippen molar-refractivity contribution in [3.05, 3.63) is 0 Å². The number of methoxy groups -OCH3 is 1. The van der Waals surface area contributed by atoms with E-state index in [1.807, 2.05) is 0 Å². The third-order valence-electron chi connectivity index (χ3n) is 3.29. The van der Waals surface area contributed by atoms with Gasteiger partial charge in [0.15, 0.2) is 0 Å². The van der Waals surface area contributed by atoms with Crippen LogP contribution in [0.2, 0.25) is 0 Å². The highest BCUT2D eigenvalue weighted by Gasteiger charge is 2.22. The van der Waals surface area contributed by atoms with E-state index in [1.54, 1.807) is 7.11 Å². The predicted octanol–water partition coefficient (Wildman–Crippen LogP) is 0.788. The zero-order valence-corrected chi connectivity index (χ0v) is 10.4. The maximum absolute atomic E-state index is 10.0. The van der Waals surface area contributed by atoms with E-state index in [4.69, 9.17) is 9.47 Å². The largest absolute Gasteiger partial charge is 0.392 e. The summed E-state index contributed by atoms with van der Waals surface area (Å²) in [4.78, 5) is 0. The van der Waals surface area contributed by atoms with Crippen molar-refractivity contribution in [2.75, 3.05) is 33.5 Å². The molecular formula is C12H25NO3. The number of aliphatic hydroxyl groups is 1. The van der Waals surface area contributed by atoms with Crippen LogP contribution in [0.25, 0.3) is 0 Å². The molecule has 0 aromatic heterocycles. The Morgan fingerprint density at radius 3 is 2.69 bits per heavy atom. The van der Waals surface area contributed by atoms with Crippen LogP contribution in [0, 0.1) is 5.92 Å². The molecule has 1 heterocycles. The average Bonchev–Trinajstić information content (AvgIpc) is 2.35. The molecule has 1 rings (SSSR count). The molecule has 1 saturated heterocycles. The molecule has 96 valence electrons. The molecule has 0 radical (unpaired) electrons. The molecule has 0 bridgehead atoms. The lowest BCUT2D eigenvalue weighted by atomic mass is 9.94. The fourth-order valence-corrected chi connectivity index (χ4v) is 2.08. The van der Waals surface area contributed by atoms with E-state index in [0.29, 0.717) is 25.1 Å². The second-order valence-electron chi connectivity index (χ2n) is 4.49. The molecule has 1 aliphatic rings. The fraction of sp³-hybridized carbons (Fsp3) is 1.00. The van der Waals surface area contributed by atoms with E-state index < -0.39 is 0 Å². The summed E-state index contributed by atoms with van der Waals surface area (Å²) in [5.74, 6) is 0.390. The van der Waals surface area contributed by atoms with Crippen LogP contribution in [0.5, 0.6) is 0 Å². The molecule has 0 aromatic rings. The molecule has 1 fully saturated rings. The van der Waals surface area contributed by atoms with Crippen molar-refractivity contribution in [3.8, 4) is 0 Å². The monoisotopic (exact) mass is 231 g/mol. The molecule has 0 spiro atoms. The third kappa shape index (κ3) is 4.78. The standard InChI is InChI=1S/C12H25NO3/c1-3-11(9-15-2)13-8-12(14)10-4-6-16-7-5-10/h10-14H,3-9H2,1-2H3. The molecule has 16 heavy (non-hydrogen) atoms. The lowest BCUT2D eigenvalue weighted by molar-refractivity contribution is 0.00650. The first kappa shape index (κ1) is 13.9. The van der Waals surface area contributed by atoms with Gasteiger partial charge in [0.1, 0.15) is 0 Å². The molecule has 0 aromatic carbocycles. The van der Waals surface area contributed by atoms with Gasteiger partial charge >= 0.3 is 0 Å². The van der Waals surface area contributed by atoms with Crippen molar-refractivity contribution in [1.29, 1.82) is 0 Å². The predicted molar refractivity (Wildman–Crippen MR) is 63.5 cm³/mol. The van der Waals surface area contributed by atoms with Gasteiger partial charge in [-0.25, -0.2) is 0 Å². The first-order chi connectivity index (χ1) is 7.77. The maximum atomic E-state index is 10.0. The van der Waals surface area contributed by atoms with Crippen LogP contribution in [0.15, 0.2) is 0 Å². The number of rotatable bonds is 7. The van der Waals surface area contributed by atoms with E-state index in [2.05, 4.69) is 12.2 Å². The Morgan fingerprint density at radius 2 is 2.12 bits per heavy atom. The van der Waals surface area contributed by atoms with E-state index in [-0.39, 0.29) is 6.10 Å². The molecule has 0 aliphatic carbocycles. The molecule has 0 amide bonds. The van der Waals surface area contributed by atoms with Gasteiger partial charge in [-0.3, -0.25) is 0 Å². The Balaban J connectivity index is 2.19. The smallest absolute Gasteiger partial charge is 0.0694 e. The SMILES string of the molecule is CCC(COC)NCC(O)C1CCOCC1. The summed E-state index contributed by atoms with van der Waals surface area (Å²) in [6, 6.07) is 0.347. The van der Waals surface area contributed by atoms with Crippen molar-refractivity contribution in [1.82, 2.24) is 5.32 Å². The van der Waals surface area contributed by atoms with Crippen LogP contribution in [0.4, 0.5) is 0 Å². The number of aliphatic hydroxyl groups excluding tert-OH is 1. The summed E-state index contributed by atoms with van der Waals surface area (Å²) < 4.78 is 10.4. The normalized spacial score (nSPS) is 21.9. The second-order valence-corrected chi connectivity index (χ2v) is 4.49. The van der Waals surface area contributed by atoms with Gasteiger partial charge in [-0.05, 0) is 25.2 Å². The molecule has 2 N–H and O–H groups in total. The number of hydrogen-bond donors (Lipinski definition) is 2. The van der Waals surface area contributed by atoms with Crippen molar-refractivity contribution in [2.45, 2.75) is 38.3 Å². The number of hydrogen-bond acceptors (Lipinski definition) is 4. The Kier molecular flexibility index (Phi) is 6.96. The molecule has 1 aliphatic heterocycles. The zero-order chi connectivity index (χ0) is 11.8. The summed E-state index contributed by atoms with van der Waals surface area (Å²) in [5.41, 5.74) is 0. The van der Waals surface area contributed by atoms with Gasteiger partial charge < -0.3 is 19.9 Å². The molecule has 2 unspecified atom stereocenters. The molecular weight excluding hydrogens is 206 g/mol. The van der Waals surface area contributed by atoms with E-state index in [0.717, 1.165) is 32.5 Å².